The lowest BCUT2D eigenvalue weighted by atomic mass is 10.0. The molecule has 0 unspecified atom stereocenters. The number of amides is 3. The summed E-state index contributed by atoms with van der Waals surface area (Å²) in [5.74, 6) is 0.533. The second-order valence-corrected chi connectivity index (χ2v) is 6.71. The van der Waals surface area contributed by atoms with Crippen LogP contribution >= 0.6 is 0 Å². The van der Waals surface area contributed by atoms with E-state index < -0.39 is 0 Å². The summed E-state index contributed by atoms with van der Waals surface area (Å²) in [6.07, 6.45) is 0. The fourth-order valence-corrected chi connectivity index (χ4v) is 3.13. The number of rotatable bonds is 3. The van der Waals surface area contributed by atoms with E-state index in [2.05, 4.69) is 5.32 Å². The van der Waals surface area contributed by atoms with Crippen molar-refractivity contribution in [1.29, 1.82) is 0 Å². The highest BCUT2D eigenvalue weighted by Gasteiger charge is 2.26. The van der Waals surface area contributed by atoms with Gasteiger partial charge in [-0.2, -0.15) is 0 Å². The molecule has 6 nitrogen and oxygen atoms in total. The van der Waals surface area contributed by atoms with Crippen LogP contribution in [-0.4, -0.2) is 55.0 Å². The quantitative estimate of drug-likeness (QED) is 0.905. The SMILES string of the molecule is COc1cc(C)c(C)cc1C(=O)N1CCN(C(=O)Nc2ccccc2)CC1. The van der Waals surface area contributed by atoms with Crippen LogP contribution in [0.15, 0.2) is 42.5 Å². The zero-order valence-electron chi connectivity index (χ0n) is 16.0. The van der Waals surface area contributed by atoms with Crippen LogP contribution in [0.2, 0.25) is 0 Å². The van der Waals surface area contributed by atoms with Gasteiger partial charge in [-0.05, 0) is 49.2 Å². The maximum atomic E-state index is 12.9. The number of hydrogen-bond donors (Lipinski definition) is 1. The highest BCUT2D eigenvalue weighted by atomic mass is 16.5. The summed E-state index contributed by atoms with van der Waals surface area (Å²) in [5, 5.41) is 2.88. The van der Waals surface area contributed by atoms with E-state index in [4.69, 9.17) is 4.74 Å². The number of para-hydroxylation sites is 1. The topological polar surface area (TPSA) is 61.9 Å². The molecule has 0 saturated carbocycles. The van der Waals surface area contributed by atoms with Crippen molar-refractivity contribution in [3.8, 4) is 5.75 Å². The zero-order chi connectivity index (χ0) is 19.4. The van der Waals surface area contributed by atoms with Gasteiger partial charge in [-0.1, -0.05) is 18.2 Å². The van der Waals surface area contributed by atoms with Crippen molar-refractivity contribution in [1.82, 2.24) is 9.80 Å². The average Bonchev–Trinajstić information content (AvgIpc) is 2.70. The molecule has 1 heterocycles. The van der Waals surface area contributed by atoms with E-state index in [1.54, 1.807) is 16.9 Å². The minimum Gasteiger partial charge on any atom is -0.496 e. The monoisotopic (exact) mass is 367 g/mol. The Morgan fingerprint density at radius 2 is 1.52 bits per heavy atom. The van der Waals surface area contributed by atoms with Crippen molar-refractivity contribution in [3.63, 3.8) is 0 Å². The number of aryl methyl sites for hydroxylation is 2. The minimum absolute atomic E-state index is 0.0573. The number of carbonyl (C=O) groups is 2. The summed E-state index contributed by atoms with van der Waals surface area (Å²) < 4.78 is 5.40. The Balaban J connectivity index is 1.63. The molecule has 2 aromatic rings. The number of benzene rings is 2. The van der Waals surface area contributed by atoms with Gasteiger partial charge in [-0.25, -0.2) is 4.79 Å². The Kier molecular flexibility index (Phi) is 5.64. The molecule has 2 aromatic carbocycles. The molecule has 1 saturated heterocycles. The first-order valence-electron chi connectivity index (χ1n) is 9.05. The number of methoxy groups -OCH3 is 1. The van der Waals surface area contributed by atoms with Crippen LogP contribution in [0.3, 0.4) is 0 Å². The van der Waals surface area contributed by atoms with Gasteiger partial charge in [0.1, 0.15) is 5.75 Å². The van der Waals surface area contributed by atoms with Crippen molar-refractivity contribution >= 4 is 17.6 Å². The van der Waals surface area contributed by atoms with Gasteiger partial charge in [-0.3, -0.25) is 4.79 Å². The fourth-order valence-electron chi connectivity index (χ4n) is 3.13. The minimum atomic E-state index is -0.142. The molecule has 0 bridgehead atoms. The maximum Gasteiger partial charge on any atom is 0.321 e. The number of hydrogen-bond acceptors (Lipinski definition) is 3. The van der Waals surface area contributed by atoms with Crippen LogP contribution in [-0.2, 0) is 0 Å². The molecule has 3 rings (SSSR count). The Morgan fingerprint density at radius 1 is 0.926 bits per heavy atom. The lowest BCUT2D eigenvalue weighted by molar-refractivity contribution is 0.0668. The summed E-state index contributed by atoms with van der Waals surface area (Å²) in [5.41, 5.74) is 3.48. The van der Waals surface area contributed by atoms with Gasteiger partial charge in [0.2, 0.25) is 0 Å². The van der Waals surface area contributed by atoms with Crippen molar-refractivity contribution in [3.05, 3.63) is 59.2 Å². The predicted octanol–water partition coefficient (Wildman–Crippen LogP) is 3.30. The van der Waals surface area contributed by atoms with Crippen LogP contribution in [0.5, 0.6) is 5.75 Å². The molecule has 0 spiro atoms. The van der Waals surface area contributed by atoms with Crippen molar-refractivity contribution in [2.45, 2.75) is 13.8 Å². The molecule has 0 atom stereocenters. The van der Waals surface area contributed by atoms with E-state index in [1.165, 1.54) is 0 Å². The number of nitrogens with one attached hydrogen (secondary N) is 1. The van der Waals surface area contributed by atoms with Gasteiger partial charge in [0.15, 0.2) is 0 Å². The van der Waals surface area contributed by atoms with E-state index >= 15 is 0 Å². The van der Waals surface area contributed by atoms with E-state index in [0.717, 1.165) is 16.8 Å². The summed E-state index contributed by atoms with van der Waals surface area (Å²) in [6.45, 7) is 5.97. The van der Waals surface area contributed by atoms with E-state index in [-0.39, 0.29) is 11.9 Å². The fraction of sp³-hybridized carbons (Fsp3) is 0.333. The van der Waals surface area contributed by atoms with Crippen LogP contribution in [0.4, 0.5) is 10.5 Å². The first kappa shape index (κ1) is 18.8. The molecule has 1 aliphatic heterocycles. The van der Waals surface area contributed by atoms with E-state index in [9.17, 15) is 9.59 Å². The van der Waals surface area contributed by atoms with Gasteiger partial charge in [0, 0.05) is 31.9 Å². The molecule has 0 radical (unpaired) electrons. The summed E-state index contributed by atoms with van der Waals surface area (Å²) in [6, 6.07) is 13.0. The first-order chi connectivity index (χ1) is 13.0. The van der Waals surface area contributed by atoms with Gasteiger partial charge in [0.05, 0.1) is 12.7 Å². The number of anilines is 1. The van der Waals surface area contributed by atoms with Gasteiger partial charge in [0.25, 0.3) is 5.91 Å². The van der Waals surface area contributed by atoms with Crippen LogP contribution in [0.25, 0.3) is 0 Å². The largest absolute Gasteiger partial charge is 0.496 e. The number of carbonyl (C=O) groups excluding carboxylic acids is 2. The molecule has 142 valence electrons. The van der Waals surface area contributed by atoms with E-state index in [1.807, 2.05) is 56.3 Å². The maximum absolute atomic E-state index is 12.9. The Morgan fingerprint density at radius 3 is 2.15 bits per heavy atom. The van der Waals surface area contributed by atoms with Crippen LogP contribution in [0.1, 0.15) is 21.5 Å². The normalized spacial score (nSPS) is 14.0. The molecule has 1 fully saturated rings. The Labute approximate surface area is 159 Å². The van der Waals surface area contributed by atoms with Crippen molar-refractivity contribution in [2.75, 3.05) is 38.6 Å². The smallest absolute Gasteiger partial charge is 0.321 e. The van der Waals surface area contributed by atoms with Crippen molar-refractivity contribution < 1.29 is 14.3 Å². The summed E-state index contributed by atoms with van der Waals surface area (Å²) in [7, 11) is 1.58. The molecule has 0 aliphatic carbocycles. The van der Waals surface area contributed by atoms with Gasteiger partial charge < -0.3 is 19.9 Å². The third kappa shape index (κ3) is 4.22. The number of nitrogens with zero attached hydrogens (tertiary/aromatic N) is 2. The molecule has 3 amide bonds. The van der Waals surface area contributed by atoms with E-state index in [0.29, 0.717) is 37.5 Å². The molecule has 0 aromatic heterocycles. The average molecular weight is 367 g/mol. The summed E-state index contributed by atoms with van der Waals surface area (Å²) in [4.78, 5) is 28.8. The number of urea groups is 1. The zero-order valence-corrected chi connectivity index (χ0v) is 16.0. The standard InChI is InChI=1S/C21H25N3O3/c1-15-13-18(19(27-3)14-16(15)2)20(25)23-9-11-24(12-10-23)21(26)22-17-7-5-4-6-8-17/h4-8,13-14H,9-12H2,1-3H3,(H,22,26). The molecular weight excluding hydrogens is 342 g/mol. The van der Waals surface area contributed by atoms with Crippen LogP contribution < -0.4 is 10.1 Å². The Hall–Kier alpha value is -3.02. The third-order valence-corrected chi connectivity index (χ3v) is 4.93. The summed E-state index contributed by atoms with van der Waals surface area (Å²) >= 11 is 0. The second-order valence-electron chi connectivity index (χ2n) is 6.71. The molecule has 1 aliphatic rings. The lowest BCUT2D eigenvalue weighted by Gasteiger charge is -2.35. The molecular formula is C21H25N3O3. The number of piperazine rings is 1. The van der Waals surface area contributed by atoms with Gasteiger partial charge in [-0.15, -0.1) is 0 Å². The van der Waals surface area contributed by atoms with Crippen molar-refractivity contribution in [2.24, 2.45) is 0 Å². The lowest BCUT2D eigenvalue weighted by Crippen LogP contribution is -2.51. The third-order valence-electron chi connectivity index (χ3n) is 4.93. The van der Waals surface area contributed by atoms with Gasteiger partial charge >= 0.3 is 6.03 Å². The van der Waals surface area contributed by atoms with Crippen LogP contribution in [0, 0.1) is 13.8 Å². The highest BCUT2D eigenvalue weighted by Crippen LogP contribution is 2.25. The number of ether oxygens (including phenoxy) is 1. The second kappa shape index (κ2) is 8.12. The Bertz CT molecular complexity index is 828. The molecule has 27 heavy (non-hydrogen) atoms. The predicted molar refractivity (Wildman–Crippen MR) is 105 cm³/mol. The molecule has 6 heteroatoms. The first-order valence-corrected chi connectivity index (χ1v) is 9.05. The highest BCUT2D eigenvalue weighted by molar-refractivity contribution is 5.97. The molecule has 1 N–H and O–H groups in total.